The normalized spacial score (nSPS) is 14.9. The molecule has 1 N–H and O–H groups in total. The molecule has 1 aliphatic heterocycles. The van der Waals surface area contributed by atoms with E-state index in [1.54, 1.807) is 5.38 Å². The van der Waals surface area contributed by atoms with Crippen LogP contribution in [0.1, 0.15) is 21.2 Å². The molecule has 2 aromatic heterocycles. The van der Waals surface area contributed by atoms with E-state index in [0.29, 0.717) is 18.2 Å². The van der Waals surface area contributed by atoms with Crippen molar-refractivity contribution in [3.05, 3.63) is 33.9 Å². The van der Waals surface area contributed by atoms with Gasteiger partial charge in [-0.3, -0.25) is 4.79 Å². The number of carbonyl (C=O) groups excluding carboxylic acids is 1. The number of rotatable bonds is 4. The Labute approximate surface area is 127 Å². The Kier molecular flexibility index (Phi) is 3.83. The standard InChI is InChI=1S/C14H17N5OS/c1-9-3-4-13(18-17-9)19-6-11(7-19)5-15-14(20)12-8-21-10(2)16-12/h3-4,8,11H,5-7H2,1-2H3,(H,15,20). The lowest BCUT2D eigenvalue weighted by molar-refractivity contribution is 0.0940. The van der Waals surface area contributed by atoms with Crippen molar-refractivity contribution in [3.8, 4) is 0 Å². The molecule has 1 aliphatic rings. The SMILES string of the molecule is Cc1ccc(N2CC(CNC(=O)c3csc(C)n3)C2)nn1. The van der Waals surface area contributed by atoms with E-state index in [4.69, 9.17) is 0 Å². The van der Waals surface area contributed by atoms with Gasteiger partial charge in [-0.15, -0.1) is 16.4 Å². The van der Waals surface area contributed by atoms with Crippen molar-refractivity contribution in [1.82, 2.24) is 20.5 Å². The summed E-state index contributed by atoms with van der Waals surface area (Å²) in [5.74, 6) is 1.27. The van der Waals surface area contributed by atoms with Gasteiger partial charge in [-0.1, -0.05) is 0 Å². The molecule has 1 fully saturated rings. The first-order chi connectivity index (χ1) is 10.1. The fraction of sp³-hybridized carbons (Fsp3) is 0.429. The maximum absolute atomic E-state index is 11.9. The lowest BCUT2D eigenvalue weighted by atomic mass is 10.0. The van der Waals surface area contributed by atoms with Gasteiger partial charge in [-0.2, -0.15) is 5.10 Å². The number of carbonyl (C=O) groups is 1. The predicted molar refractivity (Wildman–Crippen MR) is 81.7 cm³/mol. The molecule has 0 bridgehead atoms. The summed E-state index contributed by atoms with van der Waals surface area (Å²) in [4.78, 5) is 18.2. The Morgan fingerprint density at radius 1 is 1.38 bits per heavy atom. The van der Waals surface area contributed by atoms with Crippen molar-refractivity contribution >= 4 is 23.1 Å². The fourth-order valence-electron chi connectivity index (χ4n) is 2.24. The van der Waals surface area contributed by atoms with E-state index in [9.17, 15) is 4.79 Å². The van der Waals surface area contributed by atoms with Crippen LogP contribution in [-0.2, 0) is 0 Å². The molecule has 7 heteroatoms. The zero-order valence-electron chi connectivity index (χ0n) is 12.0. The summed E-state index contributed by atoms with van der Waals surface area (Å²) in [7, 11) is 0. The lowest BCUT2D eigenvalue weighted by Gasteiger charge is -2.39. The smallest absolute Gasteiger partial charge is 0.270 e. The van der Waals surface area contributed by atoms with E-state index in [0.717, 1.165) is 29.6 Å². The van der Waals surface area contributed by atoms with Crippen LogP contribution >= 0.6 is 11.3 Å². The molecule has 0 saturated carbocycles. The van der Waals surface area contributed by atoms with Gasteiger partial charge in [0.05, 0.1) is 10.7 Å². The topological polar surface area (TPSA) is 71.0 Å². The van der Waals surface area contributed by atoms with Gasteiger partial charge in [0.15, 0.2) is 5.82 Å². The molecule has 0 unspecified atom stereocenters. The average molecular weight is 303 g/mol. The minimum Gasteiger partial charge on any atom is -0.354 e. The number of anilines is 1. The average Bonchev–Trinajstić information content (AvgIpc) is 2.85. The van der Waals surface area contributed by atoms with Crippen LogP contribution in [0.25, 0.3) is 0 Å². The van der Waals surface area contributed by atoms with Crippen LogP contribution in [0.2, 0.25) is 0 Å². The molecule has 0 atom stereocenters. The highest BCUT2D eigenvalue weighted by molar-refractivity contribution is 7.09. The molecule has 3 rings (SSSR count). The van der Waals surface area contributed by atoms with E-state index in [-0.39, 0.29) is 5.91 Å². The largest absolute Gasteiger partial charge is 0.354 e. The van der Waals surface area contributed by atoms with Crippen LogP contribution in [0.15, 0.2) is 17.5 Å². The van der Waals surface area contributed by atoms with Crippen molar-refractivity contribution in [1.29, 1.82) is 0 Å². The summed E-state index contributed by atoms with van der Waals surface area (Å²) < 4.78 is 0. The minimum absolute atomic E-state index is 0.0899. The van der Waals surface area contributed by atoms with Gasteiger partial charge in [-0.05, 0) is 26.0 Å². The van der Waals surface area contributed by atoms with Gasteiger partial charge < -0.3 is 10.2 Å². The maximum Gasteiger partial charge on any atom is 0.270 e. The van der Waals surface area contributed by atoms with Crippen molar-refractivity contribution in [2.24, 2.45) is 5.92 Å². The molecule has 0 radical (unpaired) electrons. The Morgan fingerprint density at radius 3 is 2.81 bits per heavy atom. The maximum atomic E-state index is 11.9. The van der Waals surface area contributed by atoms with Gasteiger partial charge >= 0.3 is 0 Å². The van der Waals surface area contributed by atoms with Gasteiger partial charge in [0.2, 0.25) is 0 Å². The Morgan fingerprint density at radius 2 is 2.19 bits per heavy atom. The predicted octanol–water partition coefficient (Wildman–Crippen LogP) is 1.42. The third kappa shape index (κ3) is 3.18. The van der Waals surface area contributed by atoms with Crippen LogP contribution in [0.3, 0.4) is 0 Å². The zero-order chi connectivity index (χ0) is 14.8. The molecule has 2 aromatic rings. The van der Waals surface area contributed by atoms with Gasteiger partial charge in [-0.25, -0.2) is 4.98 Å². The van der Waals surface area contributed by atoms with Gasteiger partial charge in [0.1, 0.15) is 5.69 Å². The second-order valence-electron chi connectivity index (χ2n) is 5.27. The number of aromatic nitrogens is 3. The Bertz CT molecular complexity index is 633. The van der Waals surface area contributed by atoms with Crippen LogP contribution in [-0.4, -0.2) is 40.7 Å². The first kappa shape index (κ1) is 13.9. The second-order valence-corrected chi connectivity index (χ2v) is 6.33. The van der Waals surface area contributed by atoms with Gasteiger partial charge in [0, 0.05) is 30.9 Å². The first-order valence-corrected chi connectivity index (χ1v) is 7.75. The monoisotopic (exact) mass is 303 g/mol. The Hall–Kier alpha value is -2.02. The molecule has 110 valence electrons. The van der Waals surface area contributed by atoms with Crippen molar-refractivity contribution < 1.29 is 4.79 Å². The molecule has 0 aromatic carbocycles. The third-order valence-electron chi connectivity index (χ3n) is 3.47. The number of amides is 1. The van der Waals surface area contributed by atoms with Crippen LogP contribution in [0.5, 0.6) is 0 Å². The minimum atomic E-state index is -0.0899. The molecular weight excluding hydrogens is 286 g/mol. The van der Waals surface area contributed by atoms with Gasteiger partial charge in [0.25, 0.3) is 5.91 Å². The van der Waals surface area contributed by atoms with E-state index < -0.39 is 0 Å². The number of nitrogens with zero attached hydrogens (tertiary/aromatic N) is 4. The van der Waals surface area contributed by atoms with Crippen LogP contribution < -0.4 is 10.2 Å². The van der Waals surface area contributed by atoms with E-state index in [1.807, 2.05) is 26.0 Å². The molecule has 21 heavy (non-hydrogen) atoms. The third-order valence-corrected chi connectivity index (χ3v) is 4.24. The molecule has 0 aliphatic carbocycles. The van der Waals surface area contributed by atoms with Crippen molar-refractivity contribution in [2.75, 3.05) is 24.5 Å². The number of hydrogen-bond acceptors (Lipinski definition) is 6. The lowest BCUT2D eigenvalue weighted by Crippen LogP contribution is -2.52. The molecule has 3 heterocycles. The van der Waals surface area contributed by atoms with Crippen LogP contribution in [0.4, 0.5) is 5.82 Å². The molecule has 1 amide bonds. The summed E-state index contributed by atoms with van der Waals surface area (Å²) in [6.07, 6.45) is 0. The summed E-state index contributed by atoms with van der Waals surface area (Å²) in [6, 6.07) is 3.94. The quantitative estimate of drug-likeness (QED) is 0.925. The molecule has 1 saturated heterocycles. The number of hydrogen-bond donors (Lipinski definition) is 1. The van der Waals surface area contributed by atoms with Crippen LogP contribution in [0, 0.1) is 19.8 Å². The van der Waals surface area contributed by atoms with E-state index in [1.165, 1.54) is 11.3 Å². The highest BCUT2D eigenvalue weighted by Gasteiger charge is 2.28. The molecule has 0 spiro atoms. The first-order valence-electron chi connectivity index (χ1n) is 6.87. The number of nitrogens with one attached hydrogen (secondary N) is 1. The van der Waals surface area contributed by atoms with E-state index in [2.05, 4.69) is 25.4 Å². The summed E-state index contributed by atoms with van der Waals surface area (Å²) in [6.45, 7) is 6.28. The zero-order valence-corrected chi connectivity index (χ0v) is 12.9. The Balaban J connectivity index is 1.45. The van der Waals surface area contributed by atoms with Crippen molar-refractivity contribution in [3.63, 3.8) is 0 Å². The summed E-state index contributed by atoms with van der Waals surface area (Å²) in [5.41, 5.74) is 1.43. The number of aryl methyl sites for hydroxylation is 2. The summed E-state index contributed by atoms with van der Waals surface area (Å²) >= 11 is 1.49. The van der Waals surface area contributed by atoms with E-state index >= 15 is 0 Å². The number of thiazole rings is 1. The highest BCUT2D eigenvalue weighted by Crippen LogP contribution is 2.21. The molecular formula is C14H17N5OS. The second kappa shape index (κ2) is 5.77. The summed E-state index contributed by atoms with van der Waals surface area (Å²) in [5, 5.41) is 13.9. The molecule has 6 nitrogen and oxygen atoms in total. The van der Waals surface area contributed by atoms with Crippen molar-refractivity contribution in [2.45, 2.75) is 13.8 Å². The fourth-order valence-corrected chi connectivity index (χ4v) is 2.83. The highest BCUT2D eigenvalue weighted by atomic mass is 32.1.